The molecule has 2 atom stereocenters. The van der Waals surface area contributed by atoms with Crippen LogP contribution in [0.3, 0.4) is 0 Å². The van der Waals surface area contributed by atoms with Crippen molar-refractivity contribution in [3.8, 4) is 22.8 Å². The number of rotatable bonds is 8. The Morgan fingerprint density at radius 1 is 1.26 bits per heavy atom. The third-order valence-electron chi connectivity index (χ3n) is 6.24. The summed E-state index contributed by atoms with van der Waals surface area (Å²) < 4.78 is 26.2. The molecule has 0 fully saturated rings. The zero-order valence-electron chi connectivity index (χ0n) is 19.6. The van der Waals surface area contributed by atoms with E-state index in [1.807, 2.05) is 37.4 Å². The van der Waals surface area contributed by atoms with Crippen LogP contribution in [0.25, 0.3) is 11.1 Å². The van der Waals surface area contributed by atoms with E-state index in [0.29, 0.717) is 24.4 Å². The fourth-order valence-corrected chi connectivity index (χ4v) is 4.37. The molecule has 1 aliphatic heterocycles. The molecule has 0 saturated heterocycles. The summed E-state index contributed by atoms with van der Waals surface area (Å²) in [6.45, 7) is 2.27. The molecule has 1 aliphatic rings. The van der Waals surface area contributed by atoms with E-state index in [0.717, 1.165) is 46.4 Å². The first kappa shape index (κ1) is 23.7. The molecule has 0 spiro atoms. The zero-order valence-corrected chi connectivity index (χ0v) is 19.6. The van der Waals surface area contributed by atoms with Gasteiger partial charge >= 0.3 is 5.97 Å². The molecule has 1 unspecified atom stereocenters. The number of hydrogen-bond acceptors (Lipinski definition) is 5. The van der Waals surface area contributed by atoms with E-state index in [4.69, 9.17) is 9.47 Å². The topological polar surface area (TPSA) is 80.7 Å². The number of hydrogen-bond donors (Lipinski definition) is 2. The summed E-state index contributed by atoms with van der Waals surface area (Å²) in [7, 11) is 3.36. The number of benzene rings is 2. The molecule has 0 amide bonds. The maximum absolute atomic E-state index is 14.6. The largest absolute Gasteiger partial charge is 0.485 e. The lowest BCUT2D eigenvalue weighted by atomic mass is 9.91. The molecule has 2 aromatic carbocycles. The van der Waals surface area contributed by atoms with E-state index < -0.39 is 17.7 Å². The van der Waals surface area contributed by atoms with Crippen LogP contribution in [-0.2, 0) is 24.2 Å². The average molecular weight is 465 g/mol. The second kappa shape index (κ2) is 10.2. The molecule has 0 saturated carbocycles. The van der Waals surface area contributed by atoms with Crippen LogP contribution in [0.5, 0.6) is 11.6 Å². The van der Waals surface area contributed by atoms with Crippen molar-refractivity contribution in [3.63, 3.8) is 0 Å². The summed E-state index contributed by atoms with van der Waals surface area (Å²) in [5.41, 5.74) is 5.26. The van der Waals surface area contributed by atoms with E-state index in [9.17, 15) is 14.3 Å². The van der Waals surface area contributed by atoms with Gasteiger partial charge < -0.3 is 19.9 Å². The highest BCUT2D eigenvalue weighted by atomic mass is 19.1. The van der Waals surface area contributed by atoms with Crippen LogP contribution in [-0.4, -0.2) is 30.2 Å². The molecular weight excluding hydrogens is 435 g/mol. The number of aryl methyl sites for hydroxylation is 1. The first-order valence-electron chi connectivity index (χ1n) is 11.4. The number of methoxy groups -OCH3 is 1. The first-order valence-corrected chi connectivity index (χ1v) is 11.4. The zero-order chi connectivity index (χ0) is 24.2. The molecule has 2 N–H and O–H groups in total. The van der Waals surface area contributed by atoms with Gasteiger partial charge in [0.2, 0.25) is 5.88 Å². The number of aliphatic carboxylic acids is 1. The summed E-state index contributed by atoms with van der Waals surface area (Å²) in [6.07, 6.45) is 3.19. The van der Waals surface area contributed by atoms with E-state index in [1.54, 1.807) is 13.0 Å². The predicted molar refractivity (Wildman–Crippen MR) is 128 cm³/mol. The van der Waals surface area contributed by atoms with Crippen molar-refractivity contribution in [2.75, 3.05) is 14.2 Å². The number of halogens is 1. The van der Waals surface area contributed by atoms with Gasteiger partial charge in [0, 0.05) is 18.2 Å². The molecule has 4 rings (SSSR count). The third-order valence-corrected chi connectivity index (χ3v) is 6.24. The number of carboxylic acids is 1. The Labute approximate surface area is 198 Å². The van der Waals surface area contributed by atoms with Gasteiger partial charge in [-0.2, -0.15) is 0 Å². The Morgan fingerprint density at radius 3 is 2.82 bits per heavy atom. The van der Waals surface area contributed by atoms with Crippen molar-refractivity contribution < 1.29 is 23.8 Å². The highest BCUT2D eigenvalue weighted by Gasteiger charge is 2.24. The maximum Gasteiger partial charge on any atom is 0.306 e. The molecule has 6 nitrogen and oxygen atoms in total. The normalized spacial score (nSPS) is 15.8. The van der Waals surface area contributed by atoms with Gasteiger partial charge in [0.25, 0.3) is 0 Å². The number of fused-ring (bicyclic) bond motifs is 1. The number of nitrogens with one attached hydrogen (secondary N) is 1. The number of aromatic nitrogens is 1. The lowest BCUT2D eigenvalue weighted by Gasteiger charge is -2.28. The molecule has 0 aliphatic carbocycles. The molecule has 3 aromatic rings. The number of carbonyl (C=O) groups is 1. The van der Waals surface area contributed by atoms with E-state index in [1.165, 1.54) is 13.3 Å². The summed E-state index contributed by atoms with van der Waals surface area (Å²) in [5.74, 6) is -0.512. The van der Waals surface area contributed by atoms with Crippen molar-refractivity contribution in [2.24, 2.45) is 5.92 Å². The molecule has 7 heteroatoms. The molecule has 0 bridgehead atoms. The lowest BCUT2D eigenvalue weighted by molar-refractivity contribution is -0.141. The van der Waals surface area contributed by atoms with Crippen LogP contribution < -0.4 is 14.8 Å². The Balaban J connectivity index is 1.62. The summed E-state index contributed by atoms with van der Waals surface area (Å²) in [6, 6.07) is 13.5. The van der Waals surface area contributed by atoms with Crippen molar-refractivity contribution in [2.45, 2.75) is 38.8 Å². The van der Waals surface area contributed by atoms with Gasteiger partial charge in [-0.3, -0.25) is 4.79 Å². The number of ether oxygens (including phenoxy) is 2. The fourth-order valence-electron chi connectivity index (χ4n) is 4.37. The van der Waals surface area contributed by atoms with Crippen molar-refractivity contribution >= 4 is 5.97 Å². The molecule has 1 aromatic heterocycles. The van der Waals surface area contributed by atoms with E-state index >= 15 is 0 Å². The number of nitrogens with zero attached hydrogens (tertiary/aromatic N) is 1. The smallest absolute Gasteiger partial charge is 0.306 e. The maximum atomic E-state index is 14.6. The minimum atomic E-state index is -0.808. The minimum absolute atomic E-state index is 0.138. The molecule has 2 heterocycles. The molecular formula is C27H29FN2O4. The predicted octanol–water partition coefficient (Wildman–Crippen LogP) is 4.95. The van der Waals surface area contributed by atoms with Crippen LogP contribution in [0.4, 0.5) is 4.39 Å². The Kier molecular flexibility index (Phi) is 7.12. The van der Waals surface area contributed by atoms with Gasteiger partial charge in [0.15, 0.2) is 0 Å². The van der Waals surface area contributed by atoms with Gasteiger partial charge in [0.05, 0.1) is 19.2 Å². The van der Waals surface area contributed by atoms with Gasteiger partial charge in [-0.05, 0) is 60.2 Å². The Morgan fingerprint density at radius 2 is 2.09 bits per heavy atom. The quantitative estimate of drug-likeness (QED) is 0.491. The first-order chi connectivity index (χ1) is 16.4. The average Bonchev–Trinajstić information content (AvgIpc) is 2.84. The number of carboxylic acid groups (broad SMARTS) is 1. The molecule has 0 radical (unpaired) electrons. The van der Waals surface area contributed by atoms with Crippen LogP contribution in [0.1, 0.15) is 41.7 Å². The van der Waals surface area contributed by atoms with Crippen LogP contribution in [0.15, 0.2) is 48.7 Å². The second-order valence-corrected chi connectivity index (χ2v) is 8.68. The Hall–Kier alpha value is -3.45. The van der Waals surface area contributed by atoms with E-state index in [2.05, 4.69) is 16.4 Å². The summed E-state index contributed by atoms with van der Waals surface area (Å²) >= 11 is 0. The molecule has 34 heavy (non-hydrogen) atoms. The highest BCUT2D eigenvalue weighted by molar-refractivity contribution is 5.70. The van der Waals surface area contributed by atoms with Crippen LogP contribution >= 0.6 is 0 Å². The van der Waals surface area contributed by atoms with Crippen molar-refractivity contribution in [3.05, 3.63) is 76.7 Å². The second-order valence-electron chi connectivity index (χ2n) is 8.68. The SMILES string of the molecule is CNCc1cc(C2CCc3ccc(C[C@H](C)C(=O)O)cc3O2)ccc1-c1cc(OC)ncc1F. The van der Waals surface area contributed by atoms with E-state index in [-0.39, 0.29) is 6.10 Å². The van der Waals surface area contributed by atoms with Gasteiger partial charge in [0.1, 0.15) is 17.7 Å². The van der Waals surface area contributed by atoms with Crippen molar-refractivity contribution in [1.82, 2.24) is 10.3 Å². The molecule has 178 valence electrons. The van der Waals surface area contributed by atoms with Gasteiger partial charge in [-0.1, -0.05) is 37.3 Å². The number of pyridine rings is 1. The van der Waals surface area contributed by atoms with Gasteiger partial charge in [-0.25, -0.2) is 9.37 Å². The minimum Gasteiger partial charge on any atom is -0.485 e. The standard InChI is InChI=1S/C27H29FN2O4/c1-16(27(31)32)10-17-4-5-18-7-9-24(34-25(18)11-17)19-6-8-21(20(12-19)14-29-2)22-13-26(33-3)30-15-23(22)28/h4-6,8,11-13,15-16,24,29H,7,9-10,14H2,1-3H3,(H,31,32)/t16-,24?/m0/s1. The van der Waals surface area contributed by atoms with Crippen LogP contribution in [0.2, 0.25) is 0 Å². The Bertz CT molecular complexity index is 1200. The highest BCUT2D eigenvalue weighted by Crippen LogP contribution is 2.38. The van der Waals surface area contributed by atoms with Crippen LogP contribution in [0, 0.1) is 11.7 Å². The lowest BCUT2D eigenvalue weighted by Crippen LogP contribution is -2.17. The third kappa shape index (κ3) is 5.04. The monoisotopic (exact) mass is 464 g/mol. The summed E-state index contributed by atoms with van der Waals surface area (Å²) in [5, 5.41) is 12.4. The van der Waals surface area contributed by atoms with Gasteiger partial charge in [-0.15, -0.1) is 0 Å². The van der Waals surface area contributed by atoms with Crippen molar-refractivity contribution in [1.29, 1.82) is 0 Å². The summed E-state index contributed by atoms with van der Waals surface area (Å²) in [4.78, 5) is 15.2. The fraction of sp³-hybridized carbons (Fsp3) is 0.333.